The molecular weight excluding hydrogens is 178 g/mol. The summed E-state index contributed by atoms with van der Waals surface area (Å²) >= 11 is 0. The number of aliphatic hydroxyl groups excluding tert-OH is 1. The maximum atomic E-state index is 11.6. The number of carbonyl (C=O) groups is 1. The van der Waals surface area contributed by atoms with E-state index in [2.05, 4.69) is 6.92 Å². The first kappa shape index (κ1) is 11.5. The standard InChI is InChI=1S/C11H21NO2/c1-2-10-5-7-12(8-6-10)11(14)4-3-9-13/h10,13H,2-9H2,1H3. The van der Waals surface area contributed by atoms with Crippen molar-refractivity contribution in [3.63, 3.8) is 0 Å². The molecule has 1 aliphatic rings. The third kappa shape index (κ3) is 3.29. The van der Waals surface area contributed by atoms with Crippen LogP contribution in [0.15, 0.2) is 0 Å². The Kier molecular flexibility index (Phi) is 4.94. The molecule has 3 heteroatoms. The van der Waals surface area contributed by atoms with E-state index >= 15 is 0 Å². The lowest BCUT2D eigenvalue weighted by atomic mass is 9.94. The number of carbonyl (C=O) groups excluding carboxylic acids is 1. The van der Waals surface area contributed by atoms with Gasteiger partial charge in [-0.25, -0.2) is 0 Å². The number of likely N-dealkylation sites (tertiary alicyclic amines) is 1. The van der Waals surface area contributed by atoms with Gasteiger partial charge in [0, 0.05) is 26.1 Å². The van der Waals surface area contributed by atoms with Crippen molar-refractivity contribution in [1.82, 2.24) is 4.90 Å². The topological polar surface area (TPSA) is 40.5 Å². The highest BCUT2D eigenvalue weighted by Gasteiger charge is 2.20. The first-order valence-electron chi connectivity index (χ1n) is 5.66. The smallest absolute Gasteiger partial charge is 0.222 e. The van der Waals surface area contributed by atoms with Crippen molar-refractivity contribution >= 4 is 5.91 Å². The molecular formula is C11H21NO2. The van der Waals surface area contributed by atoms with Gasteiger partial charge in [-0.3, -0.25) is 4.79 Å². The molecule has 0 aromatic rings. The van der Waals surface area contributed by atoms with Gasteiger partial charge < -0.3 is 10.0 Å². The maximum Gasteiger partial charge on any atom is 0.222 e. The fourth-order valence-electron chi connectivity index (χ4n) is 1.98. The van der Waals surface area contributed by atoms with Gasteiger partial charge in [-0.05, 0) is 25.2 Å². The van der Waals surface area contributed by atoms with Crippen LogP contribution in [-0.4, -0.2) is 35.6 Å². The van der Waals surface area contributed by atoms with Crippen LogP contribution in [0.5, 0.6) is 0 Å². The molecule has 3 nitrogen and oxygen atoms in total. The normalized spacial score (nSPS) is 18.6. The Morgan fingerprint density at radius 2 is 2.07 bits per heavy atom. The summed E-state index contributed by atoms with van der Waals surface area (Å²) in [5, 5.41) is 8.62. The van der Waals surface area contributed by atoms with Gasteiger partial charge in [0.25, 0.3) is 0 Å². The Labute approximate surface area is 86.1 Å². The molecule has 1 aliphatic heterocycles. The highest BCUT2D eigenvalue weighted by Crippen LogP contribution is 2.20. The van der Waals surface area contributed by atoms with E-state index < -0.39 is 0 Å². The zero-order chi connectivity index (χ0) is 10.4. The Hall–Kier alpha value is -0.570. The molecule has 1 N–H and O–H groups in total. The molecule has 0 aromatic heterocycles. The molecule has 0 unspecified atom stereocenters. The number of hydrogen-bond donors (Lipinski definition) is 1. The summed E-state index contributed by atoms with van der Waals surface area (Å²) in [6.07, 6.45) is 4.65. The summed E-state index contributed by atoms with van der Waals surface area (Å²) in [5.41, 5.74) is 0. The minimum Gasteiger partial charge on any atom is -0.396 e. The molecule has 0 aliphatic carbocycles. The van der Waals surface area contributed by atoms with E-state index in [1.165, 1.54) is 6.42 Å². The van der Waals surface area contributed by atoms with Crippen LogP contribution in [-0.2, 0) is 4.79 Å². The summed E-state index contributed by atoms with van der Waals surface area (Å²) in [6.45, 7) is 4.18. The molecule has 14 heavy (non-hydrogen) atoms. The molecule has 82 valence electrons. The number of piperidine rings is 1. The molecule has 1 amide bonds. The predicted molar refractivity (Wildman–Crippen MR) is 55.9 cm³/mol. The SMILES string of the molecule is CCC1CCN(C(=O)CCCO)CC1. The lowest BCUT2D eigenvalue weighted by molar-refractivity contribution is -0.132. The summed E-state index contributed by atoms with van der Waals surface area (Å²) in [7, 11) is 0. The Bertz CT molecular complexity index is 174. The molecule has 1 heterocycles. The van der Waals surface area contributed by atoms with Crippen LogP contribution in [0.2, 0.25) is 0 Å². The van der Waals surface area contributed by atoms with Gasteiger partial charge in [-0.1, -0.05) is 13.3 Å². The summed E-state index contributed by atoms with van der Waals surface area (Å²) in [4.78, 5) is 13.5. The van der Waals surface area contributed by atoms with Gasteiger partial charge in [-0.2, -0.15) is 0 Å². The number of amides is 1. The third-order valence-electron chi connectivity index (χ3n) is 3.09. The molecule has 0 radical (unpaired) electrons. The van der Waals surface area contributed by atoms with Crippen molar-refractivity contribution in [2.45, 2.75) is 39.0 Å². The van der Waals surface area contributed by atoms with Crippen LogP contribution in [0, 0.1) is 5.92 Å². The summed E-state index contributed by atoms with van der Waals surface area (Å²) < 4.78 is 0. The van der Waals surface area contributed by atoms with Crippen molar-refractivity contribution < 1.29 is 9.90 Å². The third-order valence-corrected chi connectivity index (χ3v) is 3.09. The molecule has 0 saturated carbocycles. The number of hydrogen-bond acceptors (Lipinski definition) is 2. The highest BCUT2D eigenvalue weighted by atomic mass is 16.3. The monoisotopic (exact) mass is 199 g/mol. The minimum absolute atomic E-state index is 0.122. The van der Waals surface area contributed by atoms with Crippen LogP contribution in [0.4, 0.5) is 0 Å². The zero-order valence-corrected chi connectivity index (χ0v) is 9.04. The first-order chi connectivity index (χ1) is 6.77. The Balaban J connectivity index is 2.23. The molecule has 1 rings (SSSR count). The van der Waals surface area contributed by atoms with E-state index in [1.54, 1.807) is 0 Å². The van der Waals surface area contributed by atoms with Crippen molar-refractivity contribution in [3.8, 4) is 0 Å². The quantitative estimate of drug-likeness (QED) is 0.743. The second-order valence-corrected chi connectivity index (χ2v) is 4.06. The van der Waals surface area contributed by atoms with Crippen LogP contribution in [0.25, 0.3) is 0 Å². The second kappa shape index (κ2) is 6.02. The van der Waals surface area contributed by atoms with Gasteiger partial charge in [0.2, 0.25) is 5.91 Å². The van der Waals surface area contributed by atoms with E-state index in [9.17, 15) is 4.79 Å². The van der Waals surface area contributed by atoms with Crippen molar-refractivity contribution in [1.29, 1.82) is 0 Å². The van der Waals surface area contributed by atoms with Crippen LogP contribution >= 0.6 is 0 Å². The summed E-state index contributed by atoms with van der Waals surface area (Å²) in [6, 6.07) is 0. The van der Waals surface area contributed by atoms with E-state index in [0.29, 0.717) is 12.8 Å². The van der Waals surface area contributed by atoms with Crippen molar-refractivity contribution in [2.75, 3.05) is 19.7 Å². The van der Waals surface area contributed by atoms with E-state index in [1.807, 2.05) is 4.90 Å². The van der Waals surface area contributed by atoms with E-state index in [-0.39, 0.29) is 12.5 Å². The fraction of sp³-hybridized carbons (Fsp3) is 0.909. The van der Waals surface area contributed by atoms with Crippen LogP contribution in [0.1, 0.15) is 39.0 Å². The fourth-order valence-corrected chi connectivity index (χ4v) is 1.98. The number of nitrogens with zero attached hydrogens (tertiary/aromatic N) is 1. The predicted octanol–water partition coefficient (Wildman–Crippen LogP) is 1.41. The molecule has 1 fully saturated rings. The van der Waals surface area contributed by atoms with E-state index in [4.69, 9.17) is 5.11 Å². The number of rotatable bonds is 4. The zero-order valence-electron chi connectivity index (χ0n) is 9.04. The van der Waals surface area contributed by atoms with Gasteiger partial charge >= 0.3 is 0 Å². The Morgan fingerprint density at radius 1 is 1.43 bits per heavy atom. The summed E-state index contributed by atoms with van der Waals surface area (Å²) in [5.74, 6) is 1.03. The van der Waals surface area contributed by atoms with Gasteiger partial charge in [0.15, 0.2) is 0 Å². The average molecular weight is 199 g/mol. The van der Waals surface area contributed by atoms with Crippen LogP contribution < -0.4 is 0 Å². The first-order valence-corrected chi connectivity index (χ1v) is 5.66. The second-order valence-electron chi connectivity index (χ2n) is 4.06. The van der Waals surface area contributed by atoms with E-state index in [0.717, 1.165) is 31.8 Å². The minimum atomic E-state index is 0.122. The van der Waals surface area contributed by atoms with Crippen molar-refractivity contribution in [3.05, 3.63) is 0 Å². The maximum absolute atomic E-state index is 11.6. The largest absolute Gasteiger partial charge is 0.396 e. The average Bonchev–Trinajstić information content (AvgIpc) is 2.26. The lowest BCUT2D eigenvalue weighted by Gasteiger charge is -2.31. The molecule has 0 aromatic carbocycles. The number of aliphatic hydroxyl groups is 1. The molecule has 0 bridgehead atoms. The van der Waals surface area contributed by atoms with Crippen molar-refractivity contribution in [2.24, 2.45) is 5.92 Å². The van der Waals surface area contributed by atoms with Crippen LogP contribution in [0.3, 0.4) is 0 Å². The molecule has 1 saturated heterocycles. The molecule has 0 spiro atoms. The van der Waals surface area contributed by atoms with Gasteiger partial charge in [0.05, 0.1) is 0 Å². The highest BCUT2D eigenvalue weighted by molar-refractivity contribution is 5.76. The van der Waals surface area contributed by atoms with Gasteiger partial charge in [-0.15, -0.1) is 0 Å². The van der Waals surface area contributed by atoms with Gasteiger partial charge in [0.1, 0.15) is 0 Å². The Morgan fingerprint density at radius 3 is 2.57 bits per heavy atom. The molecule has 0 atom stereocenters. The lowest BCUT2D eigenvalue weighted by Crippen LogP contribution is -2.38.